The molecule has 1 saturated heterocycles. The van der Waals surface area contributed by atoms with Crippen molar-refractivity contribution in [2.24, 2.45) is 11.8 Å². The van der Waals surface area contributed by atoms with Crippen molar-refractivity contribution in [2.75, 3.05) is 26.4 Å². The van der Waals surface area contributed by atoms with E-state index in [1.165, 1.54) is 12.1 Å². The number of benzene rings is 2. The van der Waals surface area contributed by atoms with E-state index in [-0.39, 0.29) is 17.5 Å². The molecule has 0 saturated carbocycles. The van der Waals surface area contributed by atoms with Crippen molar-refractivity contribution in [2.45, 2.75) is 31.6 Å². The number of hydrogen-bond acceptors (Lipinski definition) is 6. The van der Waals surface area contributed by atoms with Gasteiger partial charge in [-0.05, 0) is 66.6 Å². The number of carbonyl (C=O) groups excluding carboxylic acids is 1. The lowest BCUT2D eigenvalue weighted by Gasteiger charge is -2.34. The number of ether oxygens (including phenoxy) is 2. The van der Waals surface area contributed by atoms with Gasteiger partial charge < -0.3 is 14.8 Å². The number of piperidine rings is 1. The quantitative estimate of drug-likeness (QED) is 0.547. The molecular formula is C25H28N2O5S. The number of rotatable bonds is 4. The van der Waals surface area contributed by atoms with E-state index in [2.05, 4.69) is 19.2 Å². The molecule has 174 valence electrons. The van der Waals surface area contributed by atoms with Crippen molar-refractivity contribution in [1.82, 2.24) is 9.62 Å². The lowest BCUT2D eigenvalue weighted by atomic mass is 9.94. The van der Waals surface area contributed by atoms with Gasteiger partial charge in [0.2, 0.25) is 16.8 Å². The number of hydrogen-bond donors (Lipinski definition) is 1. The van der Waals surface area contributed by atoms with Gasteiger partial charge in [-0.2, -0.15) is 4.31 Å². The van der Waals surface area contributed by atoms with Gasteiger partial charge in [-0.1, -0.05) is 13.8 Å². The predicted molar refractivity (Wildman–Crippen MR) is 125 cm³/mol. The SMILES string of the molecule is CC1CC(C)CN(S(=O)(=O)c2ccc(C(=O)/C=C3\NCCc4cc5c(cc43)OCO5)cc2)C1. The molecule has 3 aliphatic rings. The molecule has 0 aliphatic carbocycles. The third-order valence-electron chi connectivity index (χ3n) is 6.49. The molecule has 2 aromatic rings. The summed E-state index contributed by atoms with van der Waals surface area (Å²) < 4.78 is 38.7. The zero-order valence-electron chi connectivity index (χ0n) is 18.8. The first-order chi connectivity index (χ1) is 15.8. The zero-order chi connectivity index (χ0) is 23.2. The van der Waals surface area contributed by atoms with Crippen LogP contribution in [0, 0.1) is 11.8 Å². The topological polar surface area (TPSA) is 84.9 Å². The summed E-state index contributed by atoms with van der Waals surface area (Å²) in [4.78, 5) is 13.2. The minimum Gasteiger partial charge on any atom is -0.454 e. The van der Waals surface area contributed by atoms with Gasteiger partial charge in [0.25, 0.3) is 0 Å². The summed E-state index contributed by atoms with van der Waals surface area (Å²) >= 11 is 0. The minimum atomic E-state index is -3.57. The Kier molecular flexibility index (Phi) is 5.66. The van der Waals surface area contributed by atoms with Gasteiger partial charge in [-0.15, -0.1) is 0 Å². The first kappa shape index (κ1) is 22.0. The van der Waals surface area contributed by atoms with Crippen LogP contribution in [0.2, 0.25) is 0 Å². The van der Waals surface area contributed by atoms with Crippen molar-refractivity contribution in [3.63, 3.8) is 0 Å². The van der Waals surface area contributed by atoms with E-state index in [4.69, 9.17) is 9.47 Å². The molecule has 0 bridgehead atoms. The molecule has 2 aromatic carbocycles. The van der Waals surface area contributed by atoms with Crippen LogP contribution in [0.5, 0.6) is 11.5 Å². The molecule has 2 atom stereocenters. The van der Waals surface area contributed by atoms with E-state index in [9.17, 15) is 13.2 Å². The fourth-order valence-electron chi connectivity index (χ4n) is 4.95. The van der Waals surface area contributed by atoms with E-state index in [0.29, 0.717) is 36.2 Å². The van der Waals surface area contributed by atoms with Crippen LogP contribution >= 0.6 is 0 Å². The van der Waals surface area contributed by atoms with Gasteiger partial charge in [0.05, 0.1) is 4.90 Å². The van der Waals surface area contributed by atoms with E-state index in [0.717, 1.165) is 42.0 Å². The van der Waals surface area contributed by atoms with Crippen molar-refractivity contribution in [3.8, 4) is 11.5 Å². The number of ketones is 1. The molecular weight excluding hydrogens is 440 g/mol. The number of sulfonamides is 1. The highest BCUT2D eigenvalue weighted by Gasteiger charge is 2.31. The van der Waals surface area contributed by atoms with Crippen LogP contribution in [0.15, 0.2) is 47.4 Å². The largest absolute Gasteiger partial charge is 0.454 e. The zero-order valence-corrected chi connectivity index (χ0v) is 19.7. The standard InChI is InChI=1S/C25H28N2O5S/c1-16-9-17(2)14-27(13-16)33(29,30)20-5-3-18(4-6-20)23(28)12-22-21-11-25-24(31-15-32-25)10-19(21)7-8-26-22/h3-6,10-12,16-17,26H,7-9,13-15H2,1-2H3/b22-12-. The smallest absolute Gasteiger partial charge is 0.243 e. The van der Waals surface area contributed by atoms with Crippen LogP contribution in [0.25, 0.3) is 5.70 Å². The van der Waals surface area contributed by atoms with Gasteiger partial charge in [-0.25, -0.2) is 8.42 Å². The maximum atomic E-state index is 13.1. The Morgan fingerprint density at radius 2 is 1.73 bits per heavy atom. The van der Waals surface area contributed by atoms with E-state index in [1.807, 2.05) is 12.1 Å². The second-order valence-corrected chi connectivity index (χ2v) is 11.2. The fraction of sp³-hybridized carbons (Fsp3) is 0.400. The van der Waals surface area contributed by atoms with Crippen LogP contribution in [0.4, 0.5) is 0 Å². The van der Waals surface area contributed by atoms with Gasteiger partial charge >= 0.3 is 0 Å². The van der Waals surface area contributed by atoms with Gasteiger partial charge in [0, 0.05) is 42.5 Å². The molecule has 0 spiro atoms. The second-order valence-electron chi connectivity index (χ2n) is 9.25. The van der Waals surface area contributed by atoms with Crippen LogP contribution in [0.1, 0.15) is 41.8 Å². The summed E-state index contributed by atoms with van der Waals surface area (Å²) in [7, 11) is -3.57. The first-order valence-electron chi connectivity index (χ1n) is 11.3. The van der Waals surface area contributed by atoms with Crippen molar-refractivity contribution in [1.29, 1.82) is 0 Å². The molecule has 3 heterocycles. The summed E-state index contributed by atoms with van der Waals surface area (Å²) in [6.07, 6.45) is 3.43. The molecule has 33 heavy (non-hydrogen) atoms. The van der Waals surface area contributed by atoms with Gasteiger partial charge in [-0.3, -0.25) is 4.79 Å². The third-order valence-corrected chi connectivity index (χ3v) is 8.33. The maximum absolute atomic E-state index is 13.1. The van der Waals surface area contributed by atoms with Gasteiger partial charge in [0.1, 0.15) is 0 Å². The number of fused-ring (bicyclic) bond motifs is 2. The molecule has 1 fully saturated rings. The fourth-order valence-corrected chi connectivity index (χ4v) is 6.63. The normalized spacial score (nSPS) is 23.8. The molecule has 1 N–H and O–H groups in total. The van der Waals surface area contributed by atoms with E-state index >= 15 is 0 Å². The second kappa shape index (κ2) is 8.50. The average molecular weight is 469 g/mol. The average Bonchev–Trinajstić information content (AvgIpc) is 3.25. The Balaban J connectivity index is 1.37. The van der Waals surface area contributed by atoms with Crippen LogP contribution < -0.4 is 14.8 Å². The maximum Gasteiger partial charge on any atom is 0.243 e. The lowest BCUT2D eigenvalue weighted by Crippen LogP contribution is -2.42. The number of carbonyl (C=O) groups is 1. The predicted octanol–water partition coefficient (Wildman–Crippen LogP) is 3.45. The van der Waals surface area contributed by atoms with Crippen molar-refractivity contribution >= 4 is 21.5 Å². The Labute approximate surface area is 194 Å². The molecule has 0 amide bonds. The summed E-state index contributed by atoms with van der Waals surface area (Å²) in [5.74, 6) is 1.88. The van der Waals surface area contributed by atoms with Crippen molar-refractivity contribution in [3.05, 3.63) is 59.2 Å². The monoisotopic (exact) mass is 468 g/mol. The highest BCUT2D eigenvalue weighted by Crippen LogP contribution is 2.38. The third kappa shape index (κ3) is 4.25. The van der Waals surface area contributed by atoms with E-state index < -0.39 is 10.0 Å². The van der Waals surface area contributed by atoms with Crippen LogP contribution in [0.3, 0.4) is 0 Å². The summed E-state index contributed by atoms with van der Waals surface area (Å²) in [6.45, 7) is 6.15. The molecule has 0 radical (unpaired) electrons. The lowest BCUT2D eigenvalue weighted by molar-refractivity contribution is 0.104. The first-order valence-corrected chi connectivity index (χ1v) is 12.8. The Morgan fingerprint density at radius 1 is 1.06 bits per heavy atom. The van der Waals surface area contributed by atoms with E-state index in [1.54, 1.807) is 22.5 Å². The Morgan fingerprint density at radius 3 is 2.42 bits per heavy atom. The molecule has 5 rings (SSSR count). The molecule has 3 aliphatic heterocycles. The summed E-state index contributed by atoms with van der Waals surface area (Å²) in [6, 6.07) is 10.1. The molecule has 7 nitrogen and oxygen atoms in total. The number of allylic oxidation sites excluding steroid dienone is 1. The summed E-state index contributed by atoms with van der Waals surface area (Å²) in [5, 5.41) is 3.30. The summed E-state index contributed by atoms with van der Waals surface area (Å²) in [5.41, 5.74) is 3.19. The highest BCUT2D eigenvalue weighted by atomic mass is 32.2. The number of nitrogens with one attached hydrogen (secondary N) is 1. The number of nitrogens with zero attached hydrogens (tertiary/aromatic N) is 1. The van der Waals surface area contributed by atoms with Crippen molar-refractivity contribution < 1.29 is 22.7 Å². The molecule has 0 aromatic heterocycles. The molecule has 2 unspecified atom stereocenters. The Hall–Kier alpha value is -2.84. The van der Waals surface area contributed by atoms with Gasteiger partial charge in [0.15, 0.2) is 17.3 Å². The highest BCUT2D eigenvalue weighted by molar-refractivity contribution is 7.89. The van der Waals surface area contributed by atoms with Crippen LogP contribution in [-0.4, -0.2) is 44.9 Å². The Bertz CT molecular complexity index is 1210. The molecule has 8 heteroatoms. The minimum absolute atomic E-state index is 0.188. The van der Waals surface area contributed by atoms with Crippen LogP contribution in [-0.2, 0) is 16.4 Å².